The Balaban J connectivity index is 1.25. The Morgan fingerprint density at radius 2 is 1.35 bits per heavy atom. The van der Waals surface area contributed by atoms with Crippen LogP contribution in [0.15, 0.2) is 121 Å². The molecule has 0 saturated carbocycles. The van der Waals surface area contributed by atoms with Crippen LogP contribution in [-0.4, -0.2) is 34.2 Å². The first-order valence-corrected chi connectivity index (χ1v) is 17.2. The number of hydrogen-bond donors (Lipinski definition) is 0. The molecule has 5 aromatic carbocycles. The van der Waals surface area contributed by atoms with E-state index in [1.54, 1.807) is 53.0 Å². The van der Waals surface area contributed by atoms with Crippen molar-refractivity contribution >= 4 is 110 Å². The van der Waals surface area contributed by atoms with Gasteiger partial charge in [0.1, 0.15) is 10.4 Å². The number of thiophene rings is 2. The summed E-state index contributed by atoms with van der Waals surface area (Å²) < 4.78 is 4.61. The first-order valence-electron chi connectivity index (χ1n) is 15.5. The van der Waals surface area contributed by atoms with Crippen LogP contribution in [0, 0.1) is 0 Å². The average molecular weight is 658 g/mol. The number of aromatic nitrogens is 1. The number of carbonyl (C=O) groups excluding carboxylic acids is 3. The molecular formula is C40H23N3O3S2. The van der Waals surface area contributed by atoms with Crippen LogP contribution in [0.25, 0.3) is 74.8 Å². The van der Waals surface area contributed by atoms with Gasteiger partial charge in [0.15, 0.2) is 0 Å². The minimum absolute atomic E-state index is 0.0400. The van der Waals surface area contributed by atoms with Crippen LogP contribution in [0.3, 0.4) is 0 Å². The number of anilines is 1. The predicted octanol–water partition coefficient (Wildman–Crippen LogP) is 9.94. The van der Waals surface area contributed by atoms with E-state index in [4.69, 9.17) is 0 Å². The number of likely N-dealkylation sites (N-methyl/N-ethyl adjacent to an activating group) is 1. The van der Waals surface area contributed by atoms with Crippen molar-refractivity contribution in [2.45, 2.75) is 0 Å². The van der Waals surface area contributed by atoms with E-state index in [0.29, 0.717) is 5.69 Å². The molecule has 0 bridgehead atoms. The molecule has 1 aliphatic heterocycles. The van der Waals surface area contributed by atoms with Gasteiger partial charge in [-0.1, -0.05) is 84.9 Å². The van der Waals surface area contributed by atoms with E-state index in [2.05, 4.69) is 83.3 Å². The number of amides is 4. The maximum absolute atomic E-state index is 13.7. The molecule has 6 nitrogen and oxygen atoms in total. The van der Waals surface area contributed by atoms with Crippen LogP contribution in [0.4, 0.5) is 10.5 Å². The second kappa shape index (κ2) is 9.84. The van der Waals surface area contributed by atoms with E-state index in [9.17, 15) is 14.4 Å². The molecule has 0 unspecified atom stereocenters. The number of para-hydroxylation sites is 2. The van der Waals surface area contributed by atoms with Crippen molar-refractivity contribution in [3.63, 3.8) is 0 Å². The van der Waals surface area contributed by atoms with Crippen molar-refractivity contribution in [2.24, 2.45) is 0 Å². The monoisotopic (exact) mass is 657 g/mol. The number of carbonyl (C=O) groups is 3. The first-order chi connectivity index (χ1) is 23.5. The lowest BCUT2D eigenvalue weighted by Gasteiger charge is -2.31. The number of rotatable bonds is 3. The van der Waals surface area contributed by atoms with Crippen LogP contribution in [-0.2, 0) is 9.59 Å². The second-order valence-corrected chi connectivity index (χ2v) is 14.2. The van der Waals surface area contributed by atoms with E-state index >= 15 is 0 Å². The number of barbiturate groups is 1. The highest BCUT2D eigenvalue weighted by Gasteiger charge is 2.41. The maximum atomic E-state index is 13.7. The van der Waals surface area contributed by atoms with Crippen LogP contribution in [0.1, 0.15) is 4.88 Å². The molecular weight excluding hydrogens is 635 g/mol. The number of hydrogen-bond acceptors (Lipinski definition) is 5. The highest BCUT2D eigenvalue weighted by molar-refractivity contribution is 7.33. The van der Waals surface area contributed by atoms with Crippen molar-refractivity contribution < 1.29 is 14.4 Å². The summed E-state index contributed by atoms with van der Waals surface area (Å²) in [5.74, 6) is -1.23. The van der Waals surface area contributed by atoms with Crippen molar-refractivity contribution in [2.75, 3.05) is 11.9 Å². The second-order valence-electron chi connectivity index (χ2n) is 12.1. The summed E-state index contributed by atoms with van der Waals surface area (Å²) in [7, 11) is 1.41. The predicted molar refractivity (Wildman–Crippen MR) is 197 cm³/mol. The molecule has 0 spiro atoms. The molecule has 0 N–H and O–H groups in total. The topological polar surface area (TPSA) is 62.1 Å². The van der Waals surface area contributed by atoms with E-state index < -0.39 is 17.8 Å². The molecule has 1 saturated heterocycles. The number of nitrogens with zero attached hydrogens (tertiary/aromatic N) is 3. The Labute approximate surface area is 281 Å². The van der Waals surface area contributed by atoms with Crippen molar-refractivity contribution in [1.29, 1.82) is 0 Å². The zero-order valence-corrected chi connectivity index (χ0v) is 27.1. The number of imide groups is 2. The van der Waals surface area contributed by atoms with Gasteiger partial charge in [0.2, 0.25) is 0 Å². The third kappa shape index (κ3) is 3.58. The zero-order valence-electron chi connectivity index (χ0n) is 25.4. The lowest BCUT2D eigenvalue weighted by Crippen LogP contribution is -2.55. The molecule has 9 aromatic rings. The largest absolute Gasteiger partial charge is 0.338 e. The minimum atomic E-state index is -0.665. The van der Waals surface area contributed by atoms with Crippen LogP contribution >= 0.6 is 22.7 Å². The third-order valence-corrected chi connectivity index (χ3v) is 11.8. The standard InChI is InChI=1S/C40H23N3O3S2/c1-41-37(44)30(38(45)42(40(41)46)23-13-6-3-7-14-23)19-24-20-32-36(47-24)34-27-17-10-16-26-28(22-11-4-2-5-12-22)21-29-25-15-8-9-18-31(25)43(39(34)48-32)35(29)33(26)27/h2-21H,1H3/b30-19-. The van der Waals surface area contributed by atoms with Crippen LogP contribution in [0.2, 0.25) is 0 Å². The maximum Gasteiger partial charge on any atom is 0.338 e. The van der Waals surface area contributed by atoms with Gasteiger partial charge in [-0.3, -0.25) is 18.9 Å². The van der Waals surface area contributed by atoms with Crippen LogP contribution in [0.5, 0.6) is 0 Å². The first kappa shape index (κ1) is 27.3. The van der Waals surface area contributed by atoms with Crippen LogP contribution < -0.4 is 4.90 Å². The summed E-state index contributed by atoms with van der Waals surface area (Å²) in [6.45, 7) is 0. The average Bonchev–Trinajstić information content (AvgIpc) is 3.79. The number of urea groups is 1. The molecule has 4 amide bonds. The quantitative estimate of drug-likeness (QED) is 0.140. The van der Waals surface area contributed by atoms with E-state index in [-0.39, 0.29) is 5.57 Å². The smallest absolute Gasteiger partial charge is 0.299 e. The Bertz CT molecular complexity index is 2860. The lowest BCUT2D eigenvalue weighted by atomic mass is 9.92. The Morgan fingerprint density at radius 1 is 0.646 bits per heavy atom. The Kier molecular flexibility index (Phi) is 5.60. The molecule has 0 radical (unpaired) electrons. The molecule has 0 atom stereocenters. The molecule has 1 aliphatic rings. The molecule has 5 heterocycles. The fraction of sp³-hybridized carbons (Fsp3) is 0.0250. The van der Waals surface area contributed by atoms with Crippen molar-refractivity contribution in [3.8, 4) is 11.1 Å². The number of fused-ring (bicyclic) bond motifs is 8. The molecule has 8 heteroatoms. The zero-order chi connectivity index (χ0) is 32.3. The summed E-state index contributed by atoms with van der Waals surface area (Å²) in [5.41, 5.74) is 5.14. The molecule has 48 heavy (non-hydrogen) atoms. The van der Waals surface area contributed by atoms with Gasteiger partial charge in [0.25, 0.3) is 11.8 Å². The SMILES string of the molecule is CN1C(=O)/C(=C/c2cc3sc4c(c5cccc6c(-c7ccccc7)cc7c8ccccc8n4c7c65)c3s2)C(=O)N(c2ccccc2)C1=O. The van der Waals surface area contributed by atoms with Gasteiger partial charge < -0.3 is 0 Å². The normalized spacial score (nSPS) is 15.3. The summed E-state index contributed by atoms with van der Waals surface area (Å²) in [6.07, 6.45) is 1.64. The van der Waals surface area contributed by atoms with Crippen molar-refractivity contribution in [1.82, 2.24) is 9.30 Å². The molecule has 0 aliphatic carbocycles. The van der Waals surface area contributed by atoms with Crippen molar-refractivity contribution in [3.05, 3.63) is 126 Å². The van der Waals surface area contributed by atoms with E-state index in [0.717, 1.165) is 35.0 Å². The van der Waals surface area contributed by atoms with Gasteiger partial charge >= 0.3 is 6.03 Å². The lowest BCUT2D eigenvalue weighted by molar-refractivity contribution is -0.128. The Hall–Kier alpha value is -5.83. The molecule has 10 rings (SSSR count). The minimum Gasteiger partial charge on any atom is -0.299 e. The fourth-order valence-electron chi connectivity index (χ4n) is 7.33. The highest BCUT2D eigenvalue weighted by Crippen LogP contribution is 2.50. The van der Waals surface area contributed by atoms with Gasteiger partial charge in [0, 0.05) is 38.2 Å². The molecule has 1 fully saturated rings. The summed E-state index contributed by atoms with van der Waals surface area (Å²) in [4.78, 5) is 44.1. The fourth-order valence-corrected chi connectivity index (χ4v) is 9.97. The number of pyridine rings is 1. The van der Waals surface area contributed by atoms with Gasteiger partial charge in [-0.2, -0.15) is 0 Å². The summed E-state index contributed by atoms with van der Waals surface area (Å²) in [6, 6.07) is 38.2. The summed E-state index contributed by atoms with van der Waals surface area (Å²) in [5, 5.41) is 7.21. The number of benzene rings is 5. The summed E-state index contributed by atoms with van der Waals surface area (Å²) >= 11 is 3.29. The Morgan fingerprint density at radius 3 is 2.17 bits per heavy atom. The van der Waals surface area contributed by atoms with Gasteiger partial charge in [0.05, 0.1) is 21.4 Å². The van der Waals surface area contributed by atoms with E-state index in [1.807, 2.05) is 12.1 Å². The highest BCUT2D eigenvalue weighted by atomic mass is 32.1. The van der Waals surface area contributed by atoms with Gasteiger partial charge in [-0.15, -0.1) is 22.7 Å². The van der Waals surface area contributed by atoms with Gasteiger partial charge in [-0.25, -0.2) is 9.69 Å². The van der Waals surface area contributed by atoms with Gasteiger partial charge in [-0.05, 0) is 58.3 Å². The van der Waals surface area contributed by atoms with E-state index in [1.165, 1.54) is 55.5 Å². The third-order valence-electron chi connectivity index (χ3n) is 9.46. The molecule has 228 valence electrons. The molecule has 4 aromatic heterocycles.